The van der Waals surface area contributed by atoms with E-state index in [-0.39, 0.29) is 23.2 Å². The zero-order chi connectivity index (χ0) is 11.4. The molecule has 0 saturated carbocycles. The number of hydrogen-bond acceptors (Lipinski definition) is 4. The van der Waals surface area contributed by atoms with Crippen LogP contribution in [0.1, 0.15) is 21.5 Å². The summed E-state index contributed by atoms with van der Waals surface area (Å²) in [7, 11) is 1.16. The highest BCUT2D eigenvalue weighted by Crippen LogP contribution is 2.17. The van der Waals surface area contributed by atoms with E-state index in [1.165, 1.54) is 0 Å². The highest BCUT2D eigenvalue weighted by Gasteiger charge is 2.16. The van der Waals surface area contributed by atoms with Crippen LogP contribution in [0.15, 0.2) is 12.1 Å². The van der Waals surface area contributed by atoms with Crippen LogP contribution >= 0.6 is 0 Å². The SMILES string of the molecule is COC(=O)c1cc(F)cc(CN)c1C#N. The molecule has 2 N–H and O–H groups in total. The third-order valence-corrected chi connectivity index (χ3v) is 1.92. The standard InChI is InChI=1S/C10H9FN2O2/c1-15-10(14)8-3-7(11)2-6(4-12)9(8)5-13/h2-3H,4,12H2,1H3. The van der Waals surface area contributed by atoms with Crippen molar-refractivity contribution in [1.82, 2.24) is 0 Å². The minimum atomic E-state index is -0.749. The topological polar surface area (TPSA) is 76.1 Å². The third-order valence-electron chi connectivity index (χ3n) is 1.92. The van der Waals surface area contributed by atoms with Gasteiger partial charge in [-0.15, -0.1) is 0 Å². The first kappa shape index (κ1) is 11.1. The number of benzene rings is 1. The van der Waals surface area contributed by atoms with Crippen LogP contribution in [0, 0.1) is 17.1 Å². The van der Waals surface area contributed by atoms with Crippen molar-refractivity contribution >= 4 is 5.97 Å². The summed E-state index contributed by atoms with van der Waals surface area (Å²) in [5.41, 5.74) is 5.59. The molecule has 0 saturated heterocycles. The molecule has 0 heterocycles. The second-order valence-electron chi connectivity index (χ2n) is 2.79. The minimum Gasteiger partial charge on any atom is -0.465 e. The number of carbonyl (C=O) groups excluding carboxylic acids is 1. The molecule has 0 radical (unpaired) electrons. The average molecular weight is 208 g/mol. The fourth-order valence-corrected chi connectivity index (χ4v) is 1.23. The Labute approximate surface area is 86.1 Å². The van der Waals surface area contributed by atoms with E-state index in [1.807, 2.05) is 6.07 Å². The van der Waals surface area contributed by atoms with Crippen LogP contribution in [-0.2, 0) is 11.3 Å². The number of methoxy groups -OCH3 is 1. The monoisotopic (exact) mass is 208 g/mol. The lowest BCUT2D eigenvalue weighted by Gasteiger charge is -2.06. The van der Waals surface area contributed by atoms with Crippen molar-refractivity contribution in [1.29, 1.82) is 5.26 Å². The number of carbonyl (C=O) groups is 1. The Morgan fingerprint density at radius 2 is 2.33 bits per heavy atom. The zero-order valence-corrected chi connectivity index (χ0v) is 8.08. The molecule has 0 aliphatic carbocycles. The lowest BCUT2D eigenvalue weighted by Crippen LogP contribution is -2.09. The van der Waals surface area contributed by atoms with E-state index in [0.29, 0.717) is 0 Å². The Morgan fingerprint density at radius 1 is 1.67 bits per heavy atom. The summed E-state index contributed by atoms with van der Waals surface area (Å²) in [5.74, 6) is -1.37. The van der Waals surface area contributed by atoms with Gasteiger partial charge in [-0.1, -0.05) is 0 Å². The van der Waals surface area contributed by atoms with Crippen LogP contribution in [0.5, 0.6) is 0 Å². The van der Waals surface area contributed by atoms with Crippen LogP contribution < -0.4 is 5.73 Å². The van der Waals surface area contributed by atoms with Gasteiger partial charge in [0.05, 0.1) is 18.2 Å². The van der Waals surface area contributed by atoms with Crippen molar-refractivity contribution in [2.24, 2.45) is 5.73 Å². The molecule has 0 bridgehead atoms. The molecule has 0 aliphatic heterocycles. The van der Waals surface area contributed by atoms with Crippen LogP contribution in [0.4, 0.5) is 4.39 Å². The molecule has 5 heteroatoms. The van der Waals surface area contributed by atoms with Crippen molar-refractivity contribution in [2.45, 2.75) is 6.54 Å². The van der Waals surface area contributed by atoms with E-state index in [4.69, 9.17) is 11.0 Å². The summed E-state index contributed by atoms with van der Waals surface area (Å²) >= 11 is 0. The van der Waals surface area contributed by atoms with Gasteiger partial charge in [-0.05, 0) is 17.7 Å². The number of ether oxygens (including phenoxy) is 1. The van der Waals surface area contributed by atoms with Gasteiger partial charge in [-0.2, -0.15) is 5.26 Å². The highest BCUT2D eigenvalue weighted by atomic mass is 19.1. The van der Waals surface area contributed by atoms with Gasteiger partial charge in [0.15, 0.2) is 0 Å². The van der Waals surface area contributed by atoms with Crippen molar-refractivity contribution in [3.05, 3.63) is 34.6 Å². The lowest BCUT2D eigenvalue weighted by atomic mass is 10.0. The summed E-state index contributed by atoms with van der Waals surface area (Å²) < 4.78 is 17.5. The maximum Gasteiger partial charge on any atom is 0.339 e. The molecule has 0 fully saturated rings. The average Bonchev–Trinajstić information content (AvgIpc) is 2.26. The summed E-state index contributed by atoms with van der Waals surface area (Å²) in [6, 6.07) is 3.90. The van der Waals surface area contributed by atoms with Crippen molar-refractivity contribution in [3.63, 3.8) is 0 Å². The first-order chi connectivity index (χ1) is 7.13. The molecule has 0 aliphatic rings. The van der Waals surface area contributed by atoms with Gasteiger partial charge in [-0.3, -0.25) is 0 Å². The number of nitriles is 1. The van der Waals surface area contributed by atoms with E-state index >= 15 is 0 Å². The van der Waals surface area contributed by atoms with Gasteiger partial charge in [0.2, 0.25) is 0 Å². The highest BCUT2D eigenvalue weighted by molar-refractivity contribution is 5.92. The van der Waals surface area contributed by atoms with E-state index < -0.39 is 11.8 Å². The molecule has 1 aromatic rings. The Morgan fingerprint density at radius 3 is 2.80 bits per heavy atom. The molecule has 4 nitrogen and oxygen atoms in total. The fourth-order valence-electron chi connectivity index (χ4n) is 1.23. The Hall–Kier alpha value is -1.93. The Kier molecular flexibility index (Phi) is 3.37. The molecule has 0 unspecified atom stereocenters. The molecule has 1 rings (SSSR count). The zero-order valence-electron chi connectivity index (χ0n) is 8.08. The summed E-state index contributed by atoms with van der Waals surface area (Å²) in [5, 5.41) is 8.83. The molecule has 0 amide bonds. The number of nitrogens with zero attached hydrogens (tertiary/aromatic N) is 1. The van der Waals surface area contributed by atoms with E-state index in [9.17, 15) is 9.18 Å². The summed E-state index contributed by atoms with van der Waals surface area (Å²) in [6.45, 7) is -0.00928. The third kappa shape index (κ3) is 2.11. The molecule has 0 aromatic heterocycles. The second-order valence-corrected chi connectivity index (χ2v) is 2.79. The molecule has 15 heavy (non-hydrogen) atoms. The Bertz CT molecular complexity index is 438. The van der Waals surface area contributed by atoms with Crippen LogP contribution in [0.2, 0.25) is 0 Å². The Balaban J connectivity index is 3.43. The lowest BCUT2D eigenvalue weighted by molar-refractivity contribution is 0.0599. The van der Waals surface area contributed by atoms with Gasteiger partial charge in [0.1, 0.15) is 11.9 Å². The van der Waals surface area contributed by atoms with Crippen LogP contribution in [0.25, 0.3) is 0 Å². The number of halogens is 1. The number of esters is 1. The maximum atomic E-state index is 13.1. The van der Waals surface area contributed by atoms with Gasteiger partial charge in [0.25, 0.3) is 0 Å². The molecular weight excluding hydrogens is 199 g/mol. The van der Waals surface area contributed by atoms with Crippen LogP contribution in [0.3, 0.4) is 0 Å². The van der Waals surface area contributed by atoms with Crippen LogP contribution in [-0.4, -0.2) is 13.1 Å². The minimum absolute atomic E-state index is 0.00928. The van der Waals surface area contributed by atoms with E-state index in [1.54, 1.807) is 0 Å². The van der Waals surface area contributed by atoms with Gasteiger partial charge >= 0.3 is 5.97 Å². The molecule has 0 spiro atoms. The van der Waals surface area contributed by atoms with Crippen molar-refractivity contribution in [2.75, 3.05) is 7.11 Å². The summed E-state index contributed by atoms with van der Waals surface area (Å²) in [4.78, 5) is 11.2. The number of hydrogen-bond donors (Lipinski definition) is 1. The van der Waals surface area contributed by atoms with Crippen molar-refractivity contribution < 1.29 is 13.9 Å². The molecule has 0 atom stereocenters. The van der Waals surface area contributed by atoms with E-state index in [2.05, 4.69) is 4.74 Å². The first-order valence-corrected chi connectivity index (χ1v) is 4.15. The number of rotatable bonds is 2. The van der Waals surface area contributed by atoms with Gasteiger partial charge < -0.3 is 10.5 Å². The smallest absolute Gasteiger partial charge is 0.339 e. The predicted molar refractivity (Wildman–Crippen MR) is 50.3 cm³/mol. The predicted octanol–water partition coefficient (Wildman–Crippen LogP) is 0.943. The first-order valence-electron chi connectivity index (χ1n) is 4.15. The van der Waals surface area contributed by atoms with Gasteiger partial charge in [-0.25, -0.2) is 9.18 Å². The van der Waals surface area contributed by atoms with E-state index in [0.717, 1.165) is 19.2 Å². The number of nitrogens with two attached hydrogens (primary N) is 1. The molecule has 78 valence electrons. The van der Waals surface area contributed by atoms with Gasteiger partial charge in [0, 0.05) is 6.54 Å². The summed E-state index contributed by atoms with van der Waals surface area (Å²) in [6.07, 6.45) is 0. The second kappa shape index (κ2) is 4.53. The normalized spacial score (nSPS) is 9.47. The quantitative estimate of drug-likeness (QED) is 0.734. The van der Waals surface area contributed by atoms with Crippen molar-refractivity contribution in [3.8, 4) is 6.07 Å². The fraction of sp³-hybridized carbons (Fsp3) is 0.200. The molecule has 1 aromatic carbocycles. The maximum absolute atomic E-state index is 13.1. The molecular formula is C10H9FN2O2. The largest absolute Gasteiger partial charge is 0.465 e.